The first-order valence-electron chi connectivity index (χ1n) is 8.12. The Bertz CT molecular complexity index is 518. The number of anilines is 1. The SMILES string of the molecule is CCN1CCN(CC(=O)N/N=C/c2ccc(N(C)C)cc2)CC1. The summed E-state index contributed by atoms with van der Waals surface area (Å²) < 4.78 is 0. The second kappa shape index (κ2) is 8.64. The molecule has 1 aromatic carbocycles. The van der Waals surface area contributed by atoms with Crippen LogP contribution >= 0.6 is 0 Å². The Labute approximate surface area is 138 Å². The quantitative estimate of drug-likeness (QED) is 0.624. The predicted molar refractivity (Wildman–Crippen MR) is 95.1 cm³/mol. The number of hydrogen-bond donors (Lipinski definition) is 1. The van der Waals surface area contributed by atoms with Gasteiger partial charge in [0.1, 0.15) is 0 Å². The van der Waals surface area contributed by atoms with Gasteiger partial charge >= 0.3 is 0 Å². The highest BCUT2D eigenvalue weighted by atomic mass is 16.2. The lowest BCUT2D eigenvalue weighted by molar-refractivity contribution is -0.122. The lowest BCUT2D eigenvalue weighted by Gasteiger charge is -2.33. The summed E-state index contributed by atoms with van der Waals surface area (Å²) in [6.45, 7) is 7.61. The Morgan fingerprint density at radius 1 is 1.17 bits per heavy atom. The molecule has 1 amide bonds. The summed E-state index contributed by atoms with van der Waals surface area (Å²) >= 11 is 0. The molecule has 2 rings (SSSR count). The van der Waals surface area contributed by atoms with Crippen molar-refractivity contribution in [3.8, 4) is 0 Å². The summed E-state index contributed by atoms with van der Waals surface area (Å²) in [6.07, 6.45) is 1.67. The third kappa shape index (κ3) is 5.65. The molecule has 1 aliphatic heterocycles. The summed E-state index contributed by atoms with van der Waals surface area (Å²) in [6, 6.07) is 8.01. The zero-order valence-electron chi connectivity index (χ0n) is 14.3. The number of hydrogen-bond acceptors (Lipinski definition) is 5. The van der Waals surface area contributed by atoms with Gasteiger partial charge in [0.15, 0.2) is 0 Å². The number of benzene rings is 1. The maximum Gasteiger partial charge on any atom is 0.254 e. The molecule has 23 heavy (non-hydrogen) atoms. The van der Waals surface area contributed by atoms with Crippen LogP contribution in [-0.4, -0.2) is 75.3 Å². The van der Waals surface area contributed by atoms with Crippen molar-refractivity contribution in [1.29, 1.82) is 0 Å². The second-order valence-electron chi connectivity index (χ2n) is 5.99. The maximum atomic E-state index is 11.9. The van der Waals surface area contributed by atoms with Gasteiger partial charge in [-0.15, -0.1) is 0 Å². The van der Waals surface area contributed by atoms with E-state index in [1.807, 2.05) is 43.3 Å². The average Bonchev–Trinajstić information content (AvgIpc) is 2.56. The minimum absolute atomic E-state index is 0.0592. The normalized spacial score (nSPS) is 16.7. The van der Waals surface area contributed by atoms with E-state index < -0.39 is 0 Å². The van der Waals surface area contributed by atoms with Gasteiger partial charge in [0, 0.05) is 46.0 Å². The number of likely N-dealkylation sites (N-methyl/N-ethyl adjacent to an activating group) is 1. The molecule has 6 nitrogen and oxygen atoms in total. The third-order valence-electron chi connectivity index (χ3n) is 4.09. The van der Waals surface area contributed by atoms with E-state index in [9.17, 15) is 4.79 Å². The van der Waals surface area contributed by atoms with E-state index in [-0.39, 0.29) is 5.91 Å². The molecule has 1 fully saturated rings. The first-order valence-corrected chi connectivity index (χ1v) is 8.12. The van der Waals surface area contributed by atoms with Crippen LogP contribution in [0.5, 0.6) is 0 Å². The first kappa shape index (κ1) is 17.4. The van der Waals surface area contributed by atoms with E-state index in [2.05, 4.69) is 27.3 Å². The predicted octanol–water partition coefficient (Wildman–Crippen LogP) is 0.840. The van der Waals surface area contributed by atoms with Crippen LogP contribution in [0.25, 0.3) is 0 Å². The fourth-order valence-electron chi connectivity index (χ4n) is 2.54. The highest BCUT2D eigenvalue weighted by Crippen LogP contribution is 2.10. The van der Waals surface area contributed by atoms with Crippen molar-refractivity contribution in [2.24, 2.45) is 5.10 Å². The number of piperazine rings is 1. The van der Waals surface area contributed by atoms with Gasteiger partial charge in [-0.1, -0.05) is 19.1 Å². The van der Waals surface area contributed by atoms with Gasteiger partial charge in [0.25, 0.3) is 5.91 Å². The monoisotopic (exact) mass is 317 g/mol. The second-order valence-corrected chi connectivity index (χ2v) is 5.99. The number of nitrogens with zero attached hydrogens (tertiary/aromatic N) is 4. The standard InChI is InChI=1S/C17H27N5O/c1-4-21-9-11-22(12-10-21)14-17(23)19-18-13-15-5-7-16(8-6-15)20(2)3/h5-8,13H,4,9-12,14H2,1-3H3,(H,19,23)/b18-13+. The van der Waals surface area contributed by atoms with E-state index in [1.165, 1.54) is 0 Å². The minimum Gasteiger partial charge on any atom is -0.378 e. The Kier molecular flexibility index (Phi) is 6.55. The molecule has 126 valence electrons. The Morgan fingerprint density at radius 3 is 2.35 bits per heavy atom. The smallest absolute Gasteiger partial charge is 0.254 e. The first-order chi connectivity index (χ1) is 11.1. The highest BCUT2D eigenvalue weighted by Gasteiger charge is 2.17. The van der Waals surface area contributed by atoms with E-state index >= 15 is 0 Å². The van der Waals surface area contributed by atoms with Crippen LogP contribution in [-0.2, 0) is 4.79 Å². The molecule has 1 aromatic rings. The molecule has 0 atom stereocenters. The lowest BCUT2D eigenvalue weighted by Crippen LogP contribution is -2.48. The zero-order chi connectivity index (χ0) is 16.7. The Balaban J connectivity index is 1.73. The largest absolute Gasteiger partial charge is 0.378 e. The Morgan fingerprint density at radius 2 is 1.78 bits per heavy atom. The minimum atomic E-state index is -0.0592. The average molecular weight is 317 g/mol. The van der Waals surface area contributed by atoms with Crippen LogP contribution in [0.3, 0.4) is 0 Å². The van der Waals surface area contributed by atoms with Crippen LogP contribution in [0, 0.1) is 0 Å². The fourth-order valence-corrected chi connectivity index (χ4v) is 2.54. The van der Waals surface area contributed by atoms with Crippen molar-refractivity contribution in [3.05, 3.63) is 29.8 Å². The van der Waals surface area contributed by atoms with E-state index in [4.69, 9.17) is 0 Å². The number of carbonyl (C=O) groups is 1. The van der Waals surface area contributed by atoms with E-state index in [0.29, 0.717) is 6.54 Å². The zero-order valence-corrected chi connectivity index (χ0v) is 14.3. The van der Waals surface area contributed by atoms with Crippen LogP contribution in [0.15, 0.2) is 29.4 Å². The topological polar surface area (TPSA) is 51.2 Å². The van der Waals surface area contributed by atoms with Crippen LogP contribution in [0.2, 0.25) is 0 Å². The molecule has 0 spiro atoms. The van der Waals surface area contributed by atoms with Gasteiger partial charge in [-0.05, 0) is 24.2 Å². The van der Waals surface area contributed by atoms with Crippen molar-refractivity contribution >= 4 is 17.8 Å². The van der Waals surface area contributed by atoms with Gasteiger partial charge < -0.3 is 9.80 Å². The molecule has 1 aliphatic rings. The molecule has 0 bridgehead atoms. The third-order valence-corrected chi connectivity index (χ3v) is 4.09. The molecule has 0 radical (unpaired) electrons. The fraction of sp³-hybridized carbons (Fsp3) is 0.529. The number of amides is 1. The van der Waals surface area contributed by atoms with Crippen molar-refractivity contribution in [1.82, 2.24) is 15.2 Å². The highest BCUT2D eigenvalue weighted by molar-refractivity contribution is 5.83. The molecule has 1 heterocycles. The van der Waals surface area contributed by atoms with Crippen molar-refractivity contribution in [2.45, 2.75) is 6.92 Å². The molecule has 0 aliphatic carbocycles. The van der Waals surface area contributed by atoms with Crippen LogP contribution in [0.1, 0.15) is 12.5 Å². The van der Waals surface area contributed by atoms with Crippen LogP contribution < -0.4 is 10.3 Å². The summed E-state index contributed by atoms with van der Waals surface area (Å²) in [5.41, 5.74) is 4.71. The van der Waals surface area contributed by atoms with Gasteiger partial charge in [-0.2, -0.15) is 5.10 Å². The number of hydrazone groups is 1. The molecule has 1 saturated heterocycles. The summed E-state index contributed by atoms with van der Waals surface area (Å²) in [4.78, 5) is 18.5. The molecular formula is C17H27N5O. The van der Waals surface area contributed by atoms with E-state index in [1.54, 1.807) is 6.21 Å². The van der Waals surface area contributed by atoms with Crippen molar-refractivity contribution in [2.75, 3.05) is 58.3 Å². The molecule has 6 heteroatoms. The van der Waals surface area contributed by atoms with Crippen LogP contribution in [0.4, 0.5) is 5.69 Å². The molecule has 0 saturated carbocycles. The maximum absolute atomic E-state index is 11.9. The molecule has 0 aromatic heterocycles. The lowest BCUT2D eigenvalue weighted by atomic mass is 10.2. The summed E-state index contributed by atoms with van der Waals surface area (Å²) in [5.74, 6) is -0.0592. The van der Waals surface area contributed by atoms with Gasteiger partial charge in [-0.25, -0.2) is 5.43 Å². The van der Waals surface area contributed by atoms with Gasteiger partial charge in [0.05, 0.1) is 12.8 Å². The number of rotatable bonds is 6. The summed E-state index contributed by atoms with van der Waals surface area (Å²) in [5, 5.41) is 4.04. The summed E-state index contributed by atoms with van der Waals surface area (Å²) in [7, 11) is 4.01. The number of carbonyl (C=O) groups excluding carboxylic acids is 1. The molecule has 0 unspecified atom stereocenters. The Hall–Kier alpha value is -1.92. The molecule has 1 N–H and O–H groups in total. The van der Waals surface area contributed by atoms with Gasteiger partial charge in [0.2, 0.25) is 0 Å². The van der Waals surface area contributed by atoms with E-state index in [0.717, 1.165) is 44.0 Å². The van der Waals surface area contributed by atoms with Gasteiger partial charge in [-0.3, -0.25) is 9.69 Å². The molecular weight excluding hydrogens is 290 g/mol. The van der Waals surface area contributed by atoms with Crippen molar-refractivity contribution < 1.29 is 4.79 Å². The van der Waals surface area contributed by atoms with Crippen molar-refractivity contribution in [3.63, 3.8) is 0 Å². The number of nitrogens with one attached hydrogen (secondary N) is 1.